The van der Waals surface area contributed by atoms with Gasteiger partial charge in [-0.05, 0) is 37.1 Å². The molecule has 0 fully saturated rings. The maximum atomic E-state index is 12.7. The Labute approximate surface area is 163 Å². The van der Waals surface area contributed by atoms with Crippen molar-refractivity contribution in [2.75, 3.05) is 18.2 Å². The number of anilines is 1. The molecule has 0 spiro atoms. The molecule has 0 aliphatic carbocycles. The molecule has 1 N–H and O–H groups in total. The van der Waals surface area contributed by atoms with Crippen molar-refractivity contribution in [2.24, 2.45) is 0 Å². The first-order chi connectivity index (χ1) is 12.9. The number of aryl methyl sites for hydroxylation is 2. The Bertz CT molecular complexity index is 820. The van der Waals surface area contributed by atoms with E-state index in [1.807, 2.05) is 38.1 Å². The number of rotatable bonds is 8. The molecule has 1 amide bonds. The standard InChI is InChI=1S/C21H23NO4S/c1-14-9-10-17(11-15(14)2)22-19(23)13-27-18(12-20(24)26-3)21(25)16-7-5-4-6-8-16/h4-11,18H,12-13H2,1-3H3,(H,22,23). The highest BCUT2D eigenvalue weighted by atomic mass is 32.2. The van der Waals surface area contributed by atoms with Crippen LogP contribution in [0.15, 0.2) is 48.5 Å². The van der Waals surface area contributed by atoms with Crippen molar-refractivity contribution < 1.29 is 19.1 Å². The van der Waals surface area contributed by atoms with E-state index in [-0.39, 0.29) is 23.9 Å². The highest BCUT2D eigenvalue weighted by Gasteiger charge is 2.25. The summed E-state index contributed by atoms with van der Waals surface area (Å²) in [6.45, 7) is 3.98. The fourth-order valence-electron chi connectivity index (χ4n) is 2.44. The van der Waals surface area contributed by atoms with Crippen LogP contribution >= 0.6 is 11.8 Å². The summed E-state index contributed by atoms with van der Waals surface area (Å²) in [5.74, 6) is -0.831. The van der Waals surface area contributed by atoms with Gasteiger partial charge in [-0.15, -0.1) is 11.8 Å². The molecule has 27 heavy (non-hydrogen) atoms. The van der Waals surface area contributed by atoms with Gasteiger partial charge in [0.15, 0.2) is 5.78 Å². The number of hydrogen-bond donors (Lipinski definition) is 1. The van der Waals surface area contributed by atoms with Crippen molar-refractivity contribution in [1.29, 1.82) is 0 Å². The molecule has 0 bridgehead atoms. The second-order valence-corrected chi connectivity index (χ2v) is 7.35. The summed E-state index contributed by atoms with van der Waals surface area (Å²) in [5, 5.41) is 2.15. The molecular formula is C21H23NO4S. The summed E-state index contributed by atoms with van der Waals surface area (Å²) in [5.41, 5.74) is 3.45. The Balaban J connectivity index is 2.01. The molecule has 0 radical (unpaired) electrons. The number of ketones is 1. The lowest BCUT2D eigenvalue weighted by Crippen LogP contribution is -2.25. The van der Waals surface area contributed by atoms with E-state index in [0.717, 1.165) is 22.9 Å². The van der Waals surface area contributed by atoms with Crippen LogP contribution in [0.5, 0.6) is 0 Å². The predicted octanol–water partition coefficient (Wildman–Crippen LogP) is 3.79. The number of nitrogens with one attached hydrogen (secondary N) is 1. The lowest BCUT2D eigenvalue weighted by atomic mass is 10.1. The van der Waals surface area contributed by atoms with E-state index in [9.17, 15) is 14.4 Å². The fraction of sp³-hybridized carbons (Fsp3) is 0.286. The first-order valence-electron chi connectivity index (χ1n) is 8.55. The van der Waals surface area contributed by atoms with Crippen molar-refractivity contribution >= 4 is 35.1 Å². The summed E-state index contributed by atoms with van der Waals surface area (Å²) >= 11 is 1.14. The Morgan fingerprint density at radius 1 is 1.04 bits per heavy atom. The van der Waals surface area contributed by atoms with Crippen molar-refractivity contribution in [1.82, 2.24) is 0 Å². The molecule has 5 nitrogen and oxygen atoms in total. The third-order valence-electron chi connectivity index (χ3n) is 4.14. The maximum Gasteiger partial charge on any atom is 0.307 e. The van der Waals surface area contributed by atoms with Crippen LogP contribution in [-0.2, 0) is 14.3 Å². The lowest BCUT2D eigenvalue weighted by molar-refractivity contribution is -0.140. The predicted molar refractivity (Wildman–Crippen MR) is 108 cm³/mol. The number of amides is 1. The second-order valence-electron chi connectivity index (χ2n) is 6.16. The highest BCUT2D eigenvalue weighted by Crippen LogP contribution is 2.21. The molecule has 0 aliphatic heterocycles. The van der Waals surface area contributed by atoms with Crippen LogP contribution < -0.4 is 5.32 Å². The molecule has 142 valence electrons. The minimum absolute atomic E-state index is 0.0627. The number of ether oxygens (including phenoxy) is 1. The van der Waals surface area contributed by atoms with E-state index in [2.05, 4.69) is 10.1 Å². The van der Waals surface area contributed by atoms with Crippen LogP contribution in [0.1, 0.15) is 27.9 Å². The topological polar surface area (TPSA) is 72.5 Å². The number of thioether (sulfide) groups is 1. The fourth-order valence-corrected chi connectivity index (χ4v) is 3.41. The second kappa shape index (κ2) is 9.92. The van der Waals surface area contributed by atoms with E-state index in [0.29, 0.717) is 11.3 Å². The molecule has 1 atom stereocenters. The number of methoxy groups -OCH3 is 1. The van der Waals surface area contributed by atoms with Crippen molar-refractivity contribution in [3.63, 3.8) is 0 Å². The van der Waals surface area contributed by atoms with Gasteiger partial charge in [-0.1, -0.05) is 36.4 Å². The lowest BCUT2D eigenvalue weighted by Gasteiger charge is -2.15. The number of benzene rings is 2. The molecule has 0 saturated heterocycles. The van der Waals surface area contributed by atoms with Gasteiger partial charge in [0.2, 0.25) is 5.91 Å². The number of Topliss-reactive ketones (excluding diaryl/α,β-unsaturated/α-hetero) is 1. The molecule has 0 heterocycles. The molecule has 2 rings (SSSR count). The van der Waals surface area contributed by atoms with Crippen LogP contribution in [-0.4, -0.2) is 35.8 Å². The first kappa shape index (κ1) is 20.7. The van der Waals surface area contributed by atoms with E-state index in [1.54, 1.807) is 24.3 Å². The molecule has 0 aromatic heterocycles. The van der Waals surface area contributed by atoms with Gasteiger partial charge in [0.1, 0.15) is 0 Å². The van der Waals surface area contributed by atoms with E-state index in [4.69, 9.17) is 0 Å². The summed E-state index contributed by atoms with van der Waals surface area (Å²) in [7, 11) is 1.28. The average molecular weight is 385 g/mol. The summed E-state index contributed by atoms with van der Waals surface area (Å²) in [4.78, 5) is 36.6. The third kappa shape index (κ3) is 6.25. The number of esters is 1. The molecule has 6 heteroatoms. The zero-order chi connectivity index (χ0) is 19.8. The summed E-state index contributed by atoms with van der Waals surface area (Å²) in [6, 6.07) is 14.4. The van der Waals surface area contributed by atoms with E-state index < -0.39 is 11.2 Å². The number of carbonyl (C=O) groups excluding carboxylic acids is 3. The highest BCUT2D eigenvalue weighted by molar-refractivity contribution is 8.01. The van der Waals surface area contributed by atoms with Gasteiger partial charge in [-0.25, -0.2) is 0 Å². The average Bonchev–Trinajstić information content (AvgIpc) is 2.68. The zero-order valence-electron chi connectivity index (χ0n) is 15.7. The van der Waals surface area contributed by atoms with Gasteiger partial charge >= 0.3 is 5.97 Å². The summed E-state index contributed by atoms with van der Waals surface area (Å²) in [6.07, 6.45) is -0.0776. The maximum absolute atomic E-state index is 12.7. The zero-order valence-corrected chi connectivity index (χ0v) is 16.5. The van der Waals surface area contributed by atoms with Crippen molar-refractivity contribution in [3.8, 4) is 0 Å². The third-order valence-corrected chi connectivity index (χ3v) is 5.35. The normalized spacial score (nSPS) is 11.5. The molecule has 2 aromatic carbocycles. The Morgan fingerprint density at radius 3 is 2.37 bits per heavy atom. The molecule has 1 unspecified atom stereocenters. The van der Waals surface area contributed by atoms with Crippen LogP contribution in [0.2, 0.25) is 0 Å². The van der Waals surface area contributed by atoms with Gasteiger partial charge in [0.25, 0.3) is 0 Å². The van der Waals surface area contributed by atoms with E-state index >= 15 is 0 Å². The quantitative estimate of drug-likeness (QED) is 0.553. The van der Waals surface area contributed by atoms with Crippen molar-refractivity contribution in [2.45, 2.75) is 25.5 Å². The minimum atomic E-state index is -0.676. The largest absolute Gasteiger partial charge is 0.469 e. The molecule has 2 aromatic rings. The van der Waals surface area contributed by atoms with Crippen LogP contribution in [0.25, 0.3) is 0 Å². The number of hydrogen-bond acceptors (Lipinski definition) is 5. The SMILES string of the molecule is COC(=O)CC(SCC(=O)Nc1ccc(C)c(C)c1)C(=O)c1ccccc1. The van der Waals surface area contributed by atoms with Crippen LogP contribution in [0.3, 0.4) is 0 Å². The van der Waals surface area contributed by atoms with Gasteiger partial charge in [-0.3, -0.25) is 14.4 Å². The Kier molecular flexibility index (Phi) is 7.61. The minimum Gasteiger partial charge on any atom is -0.469 e. The van der Waals surface area contributed by atoms with Gasteiger partial charge in [0.05, 0.1) is 24.5 Å². The van der Waals surface area contributed by atoms with Gasteiger partial charge < -0.3 is 10.1 Å². The van der Waals surface area contributed by atoms with Crippen LogP contribution in [0.4, 0.5) is 5.69 Å². The monoisotopic (exact) mass is 385 g/mol. The first-order valence-corrected chi connectivity index (χ1v) is 9.60. The van der Waals surface area contributed by atoms with Gasteiger partial charge in [0, 0.05) is 11.3 Å². The van der Waals surface area contributed by atoms with Crippen molar-refractivity contribution in [3.05, 3.63) is 65.2 Å². The Hall–Kier alpha value is -2.60. The molecular weight excluding hydrogens is 362 g/mol. The number of carbonyl (C=O) groups is 3. The Morgan fingerprint density at radius 2 is 1.74 bits per heavy atom. The van der Waals surface area contributed by atoms with E-state index in [1.165, 1.54) is 7.11 Å². The van der Waals surface area contributed by atoms with Crippen LogP contribution in [0, 0.1) is 13.8 Å². The van der Waals surface area contributed by atoms with Gasteiger partial charge in [-0.2, -0.15) is 0 Å². The smallest absolute Gasteiger partial charge is 0.307 e. The molecule has 0 saturated carbocycles. The summed E-state index contributed by atoms with van der Waals surface area (Å²) < 4.78 is 4.69. The molecule has 0 aliphatic rings.